The summed E-state index contributed by atoms with van der Waals surface area (Å²) in [5, 5.41) is 13.1. The number of hydrogen-bond acceptors (Lipinski definition) is 3. The number of halogens is 1. The van der Waals surface area contributed by atoms with E-state index in [0.717, 1.165) is 18.5 Å². The molecule has 0 amide bonds. The summed E-state index contributed by atoms with van der Waals surface area (Å²) in [5.41, 5.74) is 1.45. The van der Waals surface area contributed by atoms with E-state index in [1.165, 1.54) is 0 Å². The minimum Gasteiger partial charge on any atom is -0.381 e. The Morgan fingerprint density at radius 2 is 2.00 bits per heavy atom. The molecule has 4 heteroatoms. The summed E-state index contributed by atoms with van der Waals surface area (Å²) in [6.07, 6.45) is 2.38. The Morgan fingerprint density at radius 1 is 1.33 bits per heavy atom. The zero-order chi connectivity index (χ0) is 13.1. The van der Waals surface area contributed by atoms with Crippen LogP contribution in [0.1, 0.15) is 32.3 Å². The van der Waals surface area contributed by atoms with Gasteiger partial charge in [-0.05, 0) is 44.9 Å². The van der Waals surface area contributed by atoms with E-state index in [1.54, 1.807) is 12.1 Å². The lowest BCUT2D eigenvalue weighted by Crippen LogP contribution is -2.37. The average molecular weight is 265 g/mol. The van der Waals surface area contributed by atoms with Gasteiger partial charge in [0.2, 0.25) is 0 Å². The summed E-state index contributed by atoms with van der Waals surface area (Å²) >= 11 is 5.97. The van der Waals surface area contributed by atoms with E-state index in [0.29, 0.717) is 16.6 Å². The first-order valence-corrected chi connectivity index (χ1v) is 6.58. The maximum absolute atomic E-state index is 9.09. The zero-order valence-electron chi connectivity index (χ0n) is 10.6. The summed E-state index contributed by atoms with van der Waals surface area (Å²) < 4.78 is 5.70. The lowest BCUT2D eigenvalue weighted by molar-refractivity contribution is -0.0337. The van der Waals surface area contributed by atoms with Crippen molar-refractivity contribution >= 4 is 17.3 Å². The maximum Gasteiger partial charge on any atom is 0.101 e. The standard InChI is InChI=1S/C14H17ClN2O/c1-9-5-13(6-10(2)18-9)17-14-7-12(15)4-3-11(14)8-16/h3-4,7,9-10,13,17H,5-6H2,1-2H3. The van der Waals surface area contributed by atoms with Crippen molar-refractivity contribution in [2.45, 2.75) is 44.9 Å². The number of benzene rings is 1. The van der Waals surface area contributed by atoms with E-state index < -0.39 is 0 Å². The van der Waals surface area contributed by atoms with E-state index in [9.17, 15) is 0 Å². The largest absolute Gasteiger partial charge is 0.381 e. The zero-order valence-corrected chi connectivity index (χ0v) is 11.4. The van der Waals surface area contributed by atoms with Gasteiger partial charge in [-0.2, -0.15) is 5.26 Å². The first kappa shape index (κ1) is 13.2. The first-order valence-electron chi connectivity index (χ1n) is 6.20. The number of anilines is 1. The van der Waals surface area contributed by atoms with E-state index in [2.05, 4.69) is 25.2 Å². The molecule has 1 fully saturated rings. The number of nitriles is 1. The van der Waals surface area contributed by atoms with Gasteiger partial charge >= 0.3 is 0 Å². The topological polar surface area (TPSA) is 45.0 Å². The van der Waals surface area contributed by atoms with Gasteiger partial charge in [0.15, 0.2) is 0 Å². The third kappa shape index (κ3) is 3.16. The van der Waals surface area contributed by atoms with Crippen molar-refractivity contribution in [2.75, 3.05) is 5.32 Å². The number of ether oxygens (including phenoxy) is 1. The molecule has 2 atom stereocenters. The van der Waals surface area contributed by atoms with Crippen LogP contribution in [0.15, 0.2) is 18.2 Å². The molecule has 1 aromatic carbocycles. The van der Waals surface area contributed by atoms with Gasteiger partial charge < -0.3 is 10.1 Å². The monoisotopic (exact) mass is 264 g/mol. The molecule has 96 valence electrons. The summed E-state index contributed by atoms with van der Waals surface area (Å²) in [5.74, 6) is 0. The molecule has 1 N–H and O–H groups in total. The van der Waals surface area contributed by atoms with Crippen molar-refractivity contribution in [1.29, 1.82) is 5.26 Å². The van der Waals surface area contributed by atoms with Gasteiger partial charge in [-0.25, -0.2) is 0 Å². The number of rotatable bonds is 2. The van der Waals surface area contributed by atoms with Crippen LogP contribution in [0, 0.1) is 11.3 Å². The fourth-order valence-electron chi connectivity index (χ4n) is 2.48. The Kier molecular flexibility index (Phi) is 4.11. The van der Waals surface area contributed by atoms with Crippen LogP contribution in [0.25, 0.3) is 0 Å². The molecule has 18 heavy (non-hydrogen) atoms. The van der Waals surface area contributed by atoms with E-state index in [1.807, 2.05) is 6.07 Å². The fraction of sp³-hybridized carbons (Fsp3) is 0.500. The Labute approximate surface area is 113 Å². The molecule has 1 aromatic rings. The van der Waals surface area contributed by atoms with Crippen molar-refractivity contribution in [3.8, 4) is 6.07 Å². The summed E-state index contributed by atoms with van der Waals surface area (Å²) in [7, 11) is 0. The third-order valence-corrected chi connectivity index (χ3v) is 3.39. The third-order valence-electron chi connectivity index (χ3n) is 3.16. The summed E-state index contributed by atoms with van der Waals surface area (Å²) in [6, 6.07) is 7.80. The molecular formula is C14H17ClN2O. The fourth-order valence-corrected chi connectivity index (χ4v) is 2.65. The minimum atomic E-state index is 0.246. The summed E-state index contributed by atoms with van der Waals surface area (Å²) in [6.45, 7) is 4.15. The van der Waals surface area contributed by atoms with Crippen LogP contribution in [0.5, 0.6) is 0 Å². The Morgan fingerprint density at radius 3 is 2.61 bits per heavy atom. The van der Waals surface area contributed by atoms with Gasteiger partial charge in [-0.15, -0.1) is 0 Å². The highest BCUT2D eigenvalue weighted by molar-refractivity contribution is 6.30. The highest BCUT2D eigenvalue weighted by Crippen LogP contribution is 2.26. The quantitative estimate of drug-likeness (QED) is 0.888. The number of nitrogens with zero attached hydrogens (tertiary/aromatic N) is 1. The molecule has 1 aliphatic rings. The predicted octanol–water partition coefficient (Wildman–Crippen LogP) is 3.58. The van der Waals surface area contributed by atoms with Crippen molar-refractivity contribution < 1.29 is 4.74 Å². The Balaban J connectivity index is 2.13. The molecule has 0 spiro atoms. The van der Waals surface area contributed by atoms with Crippen LogP contribution in [0.2, 0.25) is 5.02 Å². The van der Waals surface area contributed by atoms with Gasteiger partial charge in [-0.3, -0.25) is 0 Å². The molecule has 0 aliphatic carbocycles. The van der Waals surface area contributed by atoms with Gasteiger partial charge in [0.05, 0.1) is 23.5 Å². The lowest BCUT2D eigenvalue weighted by atomic mass is 9.99. The van der Waals surface area contributed by atoms with Crippen LogP contribution in [-0.4, -0.2) is 18.2 Å². The maximum atomic E-state index is 9.09. The van der Waals surface area contributed by atoms with Gasteiger partial charge in [0.25, 0.3) is 0 Å². The van der Waals surface area contributed by atoms with E-state index >= 15 is 0 Å². The lowest BCUT2D eigenvalue weighted by Gasteiger charge is -2.33. The van der Waals surface area contributed by atoms with Crippen LogP contribution < -0.4 is 5.32 Å². The van der Waals surface area contributed by atoms with Crippen LogP contribution >= 0.6 is 11.6 Å². The normalized spacial score (nSPS) is 27.6. The predicted molar refractivity (Wildman–Crippen MR) is 72.8 cm³/mol. The Bertz CT molecular complexity index is 459. The molecule has 3 nitrogen and oxygen atoms in total. The average Bonchev–Trinajstić information content (AvgIpc) is 2.27. The molecule has 2 rings (SSSR count). The highest BCUT2D eigenvalue weighted by atomic mass is 35.5. The van der Waals surface area contributed by atoms with E-state index in [-0.39, 0.29) is 12.2 Å². The van der Waals surface area contributed by atoms with Crippen molar-refractivity contribution in [3.05, 3.63) is 28.8 Å². The molecule has 1 saturated heterocycles. The van der Waals surface area contributed by atoms with Crippen LogP contribution in [0.3, 0.4) is 0 Å². The molecule has 0 radical (unpaired) electrons. The molecule has 1 heterocycles. The second kappa shape index (κ2) is 5.60. The van der Waals surface area contributed by atoms with Gasteiger partial charge in [0.1, 0.15) is 6.07 Å². The van der Waals surface area contributed by atoms with Crippen LogP contribution in [-0.2, 0) is 4.74 Å². The highest BCUT2D eigenvalue weighted by Gasteiger charge is 2.24. The molecule has 0 aromatic heterocycles. The minimum absolute atomic E-state index is 0.246. The SMILES string of the molecule is CC1CC(Nc2cc(Cl)ccc2C#N)CC(C)O1. The molecule has 0 saturated carbocycles. The smallest absolute Gasteiger partial charge is 0.101 e. The van der Waals surface area contributed by atoms with Crippen molar-refractivity contribution in [3.63, 3.8) is 0 Å². The van der Waals surface area contributed by atoms with Gasteiger partial charge in [-0.1, -0.05) is 11.6 Å². The van der Waals surface area contributed by atoms with Crippen LogP contribution in [0.4, 0.5) is 5.69 Å². The second-order valence-electron chi connectivity index (χ2n) is 4.87. The number of hydrogen-bond donors (Lipinski definition) is 1. The number of nitrogens with one attached hydrogen (secondary N) is 1. The van der Waals surface area contributed by atoms with E-state index in [4.69, 9.17) is 21.6 Å². The Hall–Kier alpha value is -1.24. The van der Waals surface area contributed by atoms with Crippen molar-refractivity contribution in [1.82, 2.24) is 0 Å². The van der Waals surface area contributed by atoms with Gasteiger partial charge in [0, 0.05) is 11.1 Å². The second-order valence-corrected chi connectivity index (χ2v) is 5.31. The first-order chi connectivity index (χ1) is 8.58. The van der Waals surface area contributed by atoms with Crippen molar-refractivity contribution in [2.24, 2.45) is 0 Å². The molecule has 0 bridgehead atoms. The molecule has 2 unspecified atom stereocenters. The summed E-state index contributed by atoms with van der Waals surface area (Å²) in [4.78, 5) is 0. The molecular weight excluding hydrogens is 248 g/mol. The molecule has 1 aliphatic heterocycles.